The fourth-order valence-corrected chi connectivity index (χ4v) is 2.79. The van der Waals surface area contributed by atoms with E-state index in [0.717, 1.165) is 18.8 Å². The number of thioether (sulfide) groups is 1. The van der Waals surface area contributed by atoms with Crippen LogP contribution in [-0.4, -0.2) is 17.5 Å². The van der Waals surface area contributed by atoms with Crippen molar-refractivity contribution in [2.24, 2.45) is 0 Å². The summed E-state index contributed by atoms with van der Waals surface area (Å²) in [5, 5.41) is 3.47. The van der Waals surface area contributed by atoms with Gasteiger partial charge in [0.05, 0.1) is 12.8 Å². The molecule has 0 atom stereocenters. The number of furan rings is 1. The van der Waals surface area contributed by atoms with Crippen molar-refractivity contribution in [1.82, 2.24) is 5.32 Å². The largest absolute Gasteiger partial charge is 0.468 e. The highest BCUT2D eigenvalue weighted by atomic mass is 32.2. The second-order valence-corrected chi connectivity index (χ2v) is 5.20. The molecule has 1 heterocycles. The van der Waals surface area contributed by atoms with Crippen LogP contribution in [0, 0.1) is 0 Å². The zero-order valence-electron chi connectivity index (χ0n) is 8.58. The van der Waals surface area contributed by atoms with E-state index in [0.29, 0.717) is 4.75 Å². The van der Waals surface area contributed by atoms with Crippen LogP contribution in [0.5, 0.6) is 0 Å². The van der Waals surface area contributed by atoms with Crippen molar-refractivity contribution in [2.45, 2.75) is 30.6 Å². The fourth-order valence-electron chi connectivity index (χ4n) is 1.85. The van der Waals surface area contributed by atoms with Gasteiger partial charge in [0.15, 0.2) is 0 Å². The summed E-state index contributed by atoms with van der Waals surface area (Å²) in [7, 11) is 0. The Morgan fingerprint density at radius 3 is 2.93 bits per heavy atom. The molecule has 0 aromatic carbocycles. The molecule has 1 fully saturated rings. The third-order valence-electron chi connectivity index (χ3n) is 3.02. The van der Waals surface area contributed by atoms with Gasteiger partial charge in [-0.05, 0) is 31.2 Å². The highest BCUT2D eigenvalue weighted by Gasteiger charge is 2.35. The zero-order valence-corrected chi connectivity index (χ0v) is 9.40. The van der Waals surface area contributed by atoms with E-state index in [4.69, 9.17) is 4.42 Å². The first-order chi connectivity index (χ1) is 6.85. The second-order valence-electron chi connectivity index (χ2n) is 3.92. The third-order valence-corrected chi connectivity index (χ3v) is 4.44. The van der Waals surface area contributed by atoms with Crippen molar-refractivity contribution in [1.29, 1.82) is 0 Å². The molecule has 1 aliphatic rings. The van der Waals surface area contributed by atoms with E-state index < -0.39 is 0 Å². The lowest BCUT2D eigenvalue weighted by atomic mass is 9.84. The first-order valence-electron chi connectivity index (χ1n) is 5.13. The molecule has 1 saturated carbocycles. The molecule has 2 nitrogen and oxygen atoms in total. The lowest BCUT2D eigenvalue weighted by Crippen LogP contribution is -2.43. The lowest BCUT2D eigenvalue weighted by molar-refractivity contribution is 0.339. The Balaban J connectivity index is 1.72. The van der Waals surface area contributed by atoms with Crippen LogP contribution in [0.15, 0.2) is 22.8 Å². The summed E-state index contributed by atoms with van der Waals surface area (Å²) >= 11 is 2.00. The van der Waals surface area contributed by atoms with Crippen LogP contribution in [0.4, 0.5) is 0 Å². The summed E-state index contributed by atoms with van der Waals surface area (Å²) in [5.41, 5.74) is 0. The lowest BCUT2D eigenvalue weighted by Gasteiger charge is -2.40. The average molecular weight is 211 g/mol. The number of rotatable bonds is 5. The molecule has 1 aromatic rings. The molecule has 1 N–H and O–H groups in total. The molecule has 0 spiro atoms. The van der Waals surface area contributed by atoms with Gasteiger partial charge in [-0.3, -0.25) is 0 Å². The van der Waals surface area contributed by atoms with Crippen molar-refractivity contribution in [3.63, 3.8) is 0 Å². The Morgan fingerprint density at radius 2 is 2.43 bits per heavy atom. The zero-order chi connectivity index (χ0) is 9.86. The maximum absolute atomic E-state index is 5.26. The Kier molecular flexibility index (Phi) is 3.19. The molecule has 78 valence electrons. The van der Waals surface area contributed by atoms with Gasteiger partial charge in [-0.2, -0.15) is 11.8 Å². The quantitative estimate of drug-likeness (QED) is 0.810. The van der Waals surface area contributed by atoms with Crippen molar-refractivity contribution < 1.29 is 4.42 Å². The standard InChI is InChI=1S/C11H17NOS/c1-14-11(5-3-6-11)9-12-8-10-4-2-7-13-10/h2,4,7,12H,3,5-6,8-9H2,1H3. The summed E-state index contributed by atoms with van der Waals surface area (Å²) < 4.78 is 5.78. The van der Waals surface area contributed by atoms with E-state index in [1.54, 1.807) is 6.26 Å². The number of hydrogen-bond acceptors (Lipinski definition) is 3. The van der Waals surface area contributed by atoms with Gasteiger partial charge in [-0.15, -0.1) is 0 Å². The Morgan fingerprint density at radius 1 is 1.57 bits per heavy atom. The molecule has 14 heavy (non-hydrogen) atoms. The van der Waals surface area contributed by atoms with E-state index in [1.165, 1.54) is 19.3 Å². The molecule has 3 heteroatoms. The smallest absolute Gasteiger partial charge is 0.117 e. The molecule has 2 rings (SSSR count). The van der Waals surface area contributed by atoms with Gasteiger partial charge in [0.2, 0.25) is 0 Å². The van der Waals surface area contributed by atoms with Crippen molar-refractivity contribution in [3.05, 3.63) is 24.2 Å². The Bertz CT molecular complexity index is 261. The molecule has 0 radical (unpaired) electrons. The maximum atomic E-state index is 5.26. The third kappa shape index (κ3) is 2.15. The topological polar surface area (TPSA) is 25.2 Å². The highest BCUT2D eigenvalue weighted by Crippen LogP contribution is 2.42. The van der Waals surface area contributed by atoms with Crippen molar-refractivity contribution in [3.8, 4) is 0 Å². The fraction of sp³-hybridized carbons (Fsp3) is 0.636. The normalized spacial score (nSPS) is 19.2. The first kappa shape index (κ1) is 10.1. The highest BCUT2D eigenvalue weighted by molar-refractivity contribution is 8.00. The summed E-state index contributed by atoms with van der Waals surface area (Å²) in [5.74, 6) is 1.03. The van der Waals surface area contributed by atoms with E-state index in [1.807, 2.05) is 23.9 Å². The monoisotopic (exact) mass is 211 g/mol. The van der Waals surface area contributed by atoms with E-state index in [9.17, 15) is 0 Å². The van der Waals surface area contributed by atoms with Gasteiger partial charge in [0.1, 0.15) is 5.76 Å². The summed E-state index contributed by atoms with van der Waals surface area (Å²) in [4.78, 5) is 0. The first-order valence-corrected chi connectivity index (χ1v) is 6.35. The van der Waals surface area contributed by atoms with Crippen LogP contribution in [0.25, 0.3) is 0 Å². The average Bonchev–Trinajstić information content (AvgIpc) is 2.62. The molecule has 0 aliphatic heterocycles. The van der Waals surface area contributed by atoms with Gasteiger partial charge in [-0.1, -0.05) is 6.42 Å². The van der Waals surface area contributed by atoms with Gasteiger partial charge in [0.25, 0.3) is 0 Å². The SMILES string of the molecule is CSC1(CNCc2ccco2)CCC1. The molecule has 0 bridgehead atoms. The van der Waals surface area contributed by atoms with E-state index in [-0.39, 0.29) is 0 Å². The molecular formula is C11H17NOS. The van der Waals surface area contributed by atoms with Gasteiger partial charge in [-0.25, -0.2) is 0 Å². The molecular weight excluding hydrogens is 194 g/mol. The predicted octanol–water partition coefficient (Wildman–Crippen LogP) is 2.65. The van der Waals surface area contributed by atoms with Crippen LogP contribution >= 0.6 is 11.8 Å². The minimum Gasteiger partial charge on any atom is -0.468 e. The maximum Gasteiger partial charge on any atom is 0.117 e. The summed E-state index contributed by atoms with van der Waals surface area (Å²) in [6.07, 6.45) is 8.06. The summed E-state index contributed by atoms with van der Waals surface area (Å²) in [6, 6.07) is 3.95. The molecule has 0 unspecified atom stereocenters. The summed E-state index contributed by atoms with van der Waals surface area (Å²) in [6.45, 7) is 1.96. The van der Waals surface area contributed by atoms with E-state index in [2.05, 4.69) is 11.6 Å². The number of nitrogens with one attached hydrogen (secondary N) is 1. The molecule has 0 saturated heterocycles. The van der Waals surface area contributed by atoms with Gasteiger partial charge in [0, 0.05) is 11.3 Å². The Hall–Kier alpha value is -0.410. The van der Waals surface area contributed by atoms with Crippen LogP contribution < -0.4 is 5.32 Å². The molecule has 0 amide bonds. The van der Waals surface area contributed by atoms with Crippen LogP contribution in [-0.2, 0) is 6.54 Å². The molecule has 1 aromatic heterocycles. The van der Waals surface area contributed by atoms with Gasteiger partial charge < -0.3 is 9.73 Å². The van der Waals surface area contributed by atoms with Crippen molar-refractivity contribution in [2.75, 3.05) is 12.8 Å². The van der Waals surface area contributed by atoms with Crippen LogP contribution in [0.2, 0.25) is 0 Å². The van der Waals surface area contributed by atoms with Gasteiger partial charge >= 0.3 is 0 Å². The number of hydrogen-bond donors (Lipinski definition) is 1. The second kappa shape index (κ2) is 4.41. The van der Waals surface area contributed by atoms with E-state index >= 15 is 0 Å². The minimum atomic E-state index is 0.520. The van der Waals surface area contributed by atoms with Crippen molar-refractivity contribution >= 4 is 11.8 Å². The van der Waals surface area contributed by atoms with Crippen LogP contribution in [0.3, 0.4) is 0 Å². The van der Waals surface area contributed by atoms with Crippen LogP contribution in [0.1, 0.15) is 25.0 Å². The predicted molar refractivity (Wildman–Crippen MR) is 60.5 cm³/mol. The minimum absolute atomic E-state index is 0.520. The Labute approximate surface area is 89.4 Å². The molecule has 1 aliphatic carbocycles.